The number of pyridine rings is 2. The maximum absolute atomic E-state index is 12.3. The van der Waals surface area contributed by atoms with E-state index in [1.165, 1.54) is 15.3 Å². The minimum absolute atomic E-state index is 0.210. The van der Waals surface area contributed by atoms with Crippen LogP contribution in [0.4, 0.5) is 11.5 Å². The van der Waals surface area contributed by atoms with E-state index in [2.05, 4.69) is 15.4 Å². The molecule has 0 saturated carbocycles. The summed E-state index contributed by atoms with van der Waals surface area (Å²) >= 11 is 0. The largest absolute Gasteiger partial charge is 0.488 e. The van der Waals surface area contributed by atoms with Crippen molar-refractivity contribution < 1.29 is 14.6 Å². The fraction of sp³-hybridized carbons (Fsp3) is 0.368. The first-order chi connectivity index (χ1) is 13.9. The first kappa shape index (κ1) is 18.9. The van der Waals surface area contributed by atoms with Gasteiger partial charge in [-0.2, -0.15) is 5.10 Å². The Bertz CT molecular complexity index is 1120. The van der Waals surface area contributed by atoms with Crippen molar-refractivity contribution in [1.29, 1.82) is 0 Å². The minimum atomic E-state index is -0.471. The molecule has 2 N–H and O–H groups in total. The van der Waals surface area contributed by atoms with Crippen LogP contribution in [0.15, 0.2) is 35.4 Å². The fourth-order valence-electron chi connectivity index (χ4n) is 3.21. The highest BCUT2D eigenvalue weighted by molar-refractivity contribution is 5.94. The highest BCUT2D eigenvalue weighted by Crippen LogP contribution is 2.35. The molecule has 0 bridgehead atoms. The van der Waals surface area contributed by atoms with E-state index in [1.807, 2.05) is 17.0 Å². The molecule has 3 aromatic heterocycles. The van der Waals surface area contributed by atoms with Crippen LogP contribution < -0.4 is 20.6 Å². The molecule has 4 heterocycles. The molecule has 0 spiro atoms. The first-order valence-corrected chi connectivity index (χ1v) is 9.36. The molecule has 10 heteroatoms. The third kappa shape index (κ3) is 3.66. The van der Waals surface area contributed by atoms with Gasteiger partial charge in [0, 0.05) is 37.7 Å². The zero-order valence-corrected chi connectivity index (χ0v) is 16.2. The summed E-state index contributed by atoms with van der Waals surface area (Å²) in [4.78, 5) is 30.7. The number of carbonyl (C=O) groups is 1. The number of aromatic nitrogens is 4. The third-order valence-corrected chi connectivity index (χ3v) is 4.74. The van der Waals surface area contributed by atoms with E-state index in [9.17, 15) is 14.7 Å². The van der Waals surface area contributed by atoms with E-state index < -0.39 is 6.10 Å². The molecule has 0 fully saturated rings. The second-order valence-corrected chi connectivity index (χ2v) is 6.96. The average molecular weight is 398 g/mol. The quantitative estimate of drug-likeness (QED) is 0.642. The lowest BCUT2D eigenvalue weighted by molar-refractivity contribution is 0.0944. The van der Waals surface area contributed by atoms with Gasteiger partial charge in [0.05, 0.1) is 18.2 Å². The minimum Gasteiger partial charge on any atom is -0.488 e. The Labute approximate surface area is 166 Å². The molecule has 29 heavy (non-hydrogen) atoms. The molecule has 1 unspecified atom stereocenters. The number of hydrogen-bond acceptors (Lipinski definition) is 7. The molecule has 1 amide bonds. The van der Waals surface area contributed by atoms with Crippen LogP contribution in [0.2, 0.25) is 0 Å². The zero-order valence-electron chi connectivity index (χ0n) is 16.2. The molecule has 152 valence electrons. The molecule has 4 rings (SSSR count). The summed E-state index contributed by atoms with van der Waals surface area (Å²) in [6.45, 7) is 3.06. The number of nitrogens with zero attached hydrogens (tertiary/aromatic N) is 5. The normalized spacial score (nSPS) is 14.4. The van der Waals surface area contributed by atoms with Crippen LogP contribution in [0.5, 0.6) is 5.75 Å². The standard InChI is InChI=1S/C19H22N6O4/c1-12(26)3-5-20-18(27)13-9-15-17(21-11-13)24(7-8-29-15)14-4-6-25-16(10-14)22-23(2)19(25)28/h4,6,9-12,26H,3,5,7-8H2,1-2H3,(H,20,27). The van der Waals surface area contributed by atoms with Crippen molar-refractivity contribution in [3.63, 3.8) is 0 Å². The van der Waals surface area contributed by atoms with E-state index in [1.54, 1.807) is 26.2 Å². The number of aryl methyl sites for hydroxylation is 1. The lowest BCUT2D eigenvalue weighted by atomic mass is 10.2. The fourth-order valence-corrected chi connectivity index (χ4v) is 3.21. The lowest BCUT2D eigenvalue weighted by Crippen LogP contribution is -2.31. The van der Waals surface area contributed by atoms with Gasteiger partial charge >= 0.3 is 5.69 Å². The van der Waals surface area contributed by atoms with Crippen LogP contribution in [0.1, 0.15) is 23.7 Å². The molecule has 0 aliphatic carbocycles. The number of carbonyl (C=O) groups excluding carboxylic acids is 1. The predicted octanol–water partition coefficient (Wildman–Crippen LogP) is 0.459. The van der Waals surface area contributed by atoms with Crippen LogP contribution >= 0.6 is 0 Å². The van der Waals surface area contributed by atoms with Gasteiger partial charge in [0.1, 0.15) is 6.61 Å². The van der Waals surface area contributed by atoms with Crippen molar-refractivity contribution in [3.05, 3.63) is 46.6 Å². The highest BCUT2D eigenvalue weighted by atomic mass is 16.5. The van der Waals surface area contributed by atoms with Crippen LogP contribution in [-0.2, 0) is 7.05 Å². The Hall–Kier alpha value is -3.40. The van der Waals surface area contributed by atoms with Gasteiger partial charge in [-0.3, -0.25) is 9.20 Å². The number of fused-ring (bicyclic) bond motifs is 2. The molecular weight excluding hydrogens is 376 g/mol. The van der Waals surface area contributed by atoms with E-state index >= 15 is 0 Å². The molecule has 0 radical (unpaired) electrons. The number of amides is 1. The Balaban J connectivity index is 1.60. The maximum Gasteiger partial charge on any atom is 0.350 e. The summed E-state index contributed by atoms with van der Waals surface area (Å²) < 4.78 is 8.48. The van der Waals surface area contributed by atoms with Crippen molar-refractivity contribution in [2.45, 2.75) is 19.4 Å². The highest BCUT2D eigenvalue weighted by Gasteiger charge is 2.23. The average Bonchev–Trinajstić information content (AvgIpc) is 2.99. The van der Waals surface area contributed by atoms with Gasteiger partial charge in [-0.15, -0.1) is 0 Å². The Morgan fingerprint density at radius 2 is 2.24 bits per heavy atom. The Morgan fingerprint density at radius 1 is 1.41 bits per heavy atom. The summed E-state index contributed by atoms with van der Waals surface area (Å²) in [5, 5.41) is 16.3. The predicted molar refractivity (Wildman–Crippen MR) is 106 cm³/mol. The van der Waals surface area contributed by atoms with Gasteiger partial charge in [0.2, 0.25) is 0 Å². The molecular formula is C19H22N6O4. The van der Waals surface area contributed by atoms with Crippen molar-refractivity contribution in [3.8, 4) is 5.75 Å². The Kier molecular flexibility index (Phi) is 4.93. The molecule has 1 aliphatic heterocycles. The molecule has 0 saturated heterocycles. The van der Waals surface area contributed by atoms with Gasteiger partial charge in [-0.05, 0) is 25.5 Å². The van der Waals surface area contributed by atoms with Gasteiger partial charge in [-0.1, -0.05) is 0 Å². The summed E-state index contributed by atoms with van der Waals surface area (Å²) in [7, 11) is 1.61. The molecule has 1 atom stereocenters. The topological polar surface area (TPSA) is 114 Å². The van der Waals surface area contributed by atoms with E-state index in [0.29, 0.717) is 48.9 Å². The number of aliphatic hydroxyl groups excluding tert-OH is 1. The van der Waals surface area contributed by atoms with Gasteiger partial charge < -0.3 is 20.1 Å². The van der Waals surface area contributed by atoms with Crippen LogP contribution in [0.25, 0.3) is 5.65 Å². The maximum atomic E-state index is 12.3. The van der Waals surface area contributed by atoms with Crippen LogP contribution in [0, 0.1) is 0 Å². The second-order valence-electron chi connectivity index (χ2n) is 6.96. The van der Waals surface area contributed by atoms with Crippen LogP contribution in [-0.4, -0.2) is 56.0 Å². The van der Waals surface area contributed by atoms with Crippen molar-refractivity contribution in [2.75, 3.05) is 24.6 Å². The lowest BCUT2D eigenvalue weighted by Gasteiger charge is -2.30. The van der Waals surface area contributed by atoms with E-state index in [4.69, 9.17) is 4.74 Å². The molecule has 10 nitrogen and oxygen atoms in total. The number of anilines is 2. The monoisotopic (exact) mass is 398 g/mol. The molecule has 1 aliphatic rings. The summed E-state index contributed by atoms with van der Waals surface area (Å²) in [6, 6.07) is 5.30. The summed E-state index contributed by atoms with van der Waals surface area (Å²) in [6.07, 6.45) is 3.19. The number of hydrogen-bond donors (Lipinski definition) is 2. The smallest absolute Gasteiger partial charge is 0.350 e. The Morgan fingerprint density at radius 3 is 3.03 bits per heavy atom. The second kappa shape index (κ2) is 7.55. The van der Waals surface area contributed by atoms with Gasteiger partial charge in [0.15, 0.2) is 17.2 Å². The van der Waals surface area contributed by atoms with E-state index in [0.717, 1.165) is 5.69 Å². The number of nitrogens with one attached hydrogen (secondary N) is 1. The van der Waals surface area contributed by atoms with Crippen molar-refractivity contribution in [1.82, 2.24) is 24.5 Å². The summed E-state index contributed by atoms with van der Waals surface area (Å²) in [5.74, 6) is 0.841. The SMILES string of the molecule is CC(O)CCNC(=O)c1cnc2c(c1)OCCN2c1ccn2c(=O)n(C)nc2c1. The first-order valence-electron chi connectivity index (χ1n) is 9.36. The van der Waals surface area contributed by atoms with Crippen molar-refractivity contribution in [2.24, 2.45) is 7.05 Å². The molecule has 0 aromatic carbocycles. The third-order valence-electron chi connectivity index (χ3n) is 4.74. The number of rotatable bonds is 5. The van der Waals surface area contributed by atoms with Gasteiger partial charge in [-0.25, -0.2) is 14.5 Å². The zero-order chi connectivity index (χ0) is 20.5. The number of ether oxygens (including phenoxy) is 1. The van der Waals surface area contributed by atoms with Gasteiger partial charge in [0.25, 0.3) is 5.91 Å². The van der Waals surface area contributed by atoms with Crippen LogP contribution in [0.3, 0.4) is 0 Å². The number of aliphatic hydroxyl groups is 1. The van der Waals surface area contributed by atoms with E-state index in [-0.39, 0.29) is 11.6 Å². The summed E-state index contributed by atoms with van der Waals surface area (Å²) in [5.41, 5.74) is 1.55. The van der Waals surface area contributed by atoms with Crippen molar-refractivity contribution >= 4 is 23.1 Å². The molecule has 3 aromatic rings.